The zero-order chi connectivity index (χ0) is 20.5. The Labute approximate surface area is 174 Å². The number of alkyl halides is 2. The number of thioether (sulfide) groups is 1. The summed E-state index contributed by atoms with van der Waals surface area (Å²) < 4.78 is 46.2. The fraction of sp³-hybridized carbons (Fsp3) is 0.350. The second-order valence-corrected chi connectivity index (χ2v) is 8.64. The van der Waals surface area contributed by atoms with Crippen molar-refractivity contribution in [2.24, 2.45) is 5.92 Å². The first-order chi connectivity index (χ1) is 13.2. The minimum absolute atomic E-state index is 0.0688. The van der Waals surface area contributed by atoms with Crippen LogP contribution in [0.15, 0.2) is 45.8 Å². The van der Waals surface area contributed by atoms with E-state index in [1.807, 2.05) is 6.07 Å². The molecule has 0 spiro atoms. The molecule has 8 heteroatoms. The maximum atomic E-state index is 13.4. The topological polar surface area (TPSA) is 29.5 Å². The zero-order valence-corrected chi connectivity index (χ0v) is 17.7. The van der Waals surface area contributed by atoms with E-state index in [0.29, 0.717) is 27.3 Å². The van der Waals surface area contributed by atoms with Crippen LogP contribution in [0.25, 0.3) is 0 Å². The van der Waals surface area contributed by atoms with E-state index >= 15 is 0 Å². The maximum Gasteiger partial charge on any atom is 0.245 e. The summed E-state index contributed by atoms with van der Waals surface area (Å²) in [5.74, 6) is -3.13. The van der Waals surface area contributed by atoms with Crippen LogP contribution in [0.1, 0.15) is 19.8 Å². The molecular formula is C20H19BrF3NO2S. The van der Waals surface area contributed by atoms with Crippen LogP contribution in [0.3, 0.4) is 0 Å². The Kier molecular flexibility index (Phi) is 6.29. The van der Waals surface area contributed by atoms with Crippen molar-refractivity contribution in [1.82, 2.24) is 0 Å². The van der Waals surface area contributed by atoms with Gasteiger partial charge in [-0.15, -0.1) is 11.8 Å². The number of fused-ring (bicyclic) bond motifs is 1. The highest BCUT2D eigenvalue weighted by Gasteiger charge is 2.34. The van der Waals surface area contributed by atoms with Crippen molar-refractivity contribution < 1.29 is 22.7 Å². The number of halogens is 4. The Hall–Kier alpha value is -1.67. The lowest BCUT2D eigenvalue weighted by molar-refractivity contribution is -0.121. The van der Waals surface area contributed by atoms with Crippen LogP contribution in [0.2, 0.25) is 0 Å². The van der Waals surface area contributed by atoms with Gasteiger partial charge < -0.3 is 4.74 Å². The minimum atomic E-state index is -2.84. The van der Waals surface area contributed by atoms with Crippen molar-refractivity contribution in [3.63, 3.8) is 0 Å². The molecule has 150 valence electrons. The normalized spacial score (nSPS) is 17.3. The molecule has 0 bridgehead atoms. The predicted octanol–water partition coefficient (Wildman–Crippen LogP) is 6.42. The summed E-state index contributed by atoms with van der Waals surface area (Å²) in [7, 11) is 1.54. The first-order valence-corrected chi connectivity index (χ1v) is 10.4. The van der Waals surface area contributed by atoms with Crippen molar-refractivity contribution >= 4 is 45.0 Å². The standard InChI is InChI=1S/C20H19BrF3NO2S/c1-20(23,24)8-7-12-11-28-18-10-17(27-2)15(21)9-16(18)25(19(12)26)14-5-3-13(22)4-6-14/h3-6,9-10,12H,7-8,11H2,1-2H3. The predicted molar refractivity (Wildman–Crippen MR) is 108 cm³/mol. The molecular weight excluding hydrogens is 455 g/mol. The fourth-order valence-electron chi connectivity index (χ4n) is 3.02. The van der Waals surface area contributed by atoms with E-state index in [4.69, 9.17) is 4.74 Å². The Morgan fingerprint density at radius 2 is 1.96 bits per heavy atom. The number of ether oxygens (including phenoxy) is 1. The van der Waals surface area contributed by atoms with Crippen molar-refractivity contribution in [3.05, 3.63) is 46.7 Å². The quantitative estimate of drug-likeness (QED) is 0.501. The summed E-state index contributed by atoms with van der Waals surface area (Å²) >= 11 is 4.86. The monoisotopic (exact) mass is 473 g/mol. The van der Waals surface area contributed by atoms with E-state index in [9.17, 15) is 18.0 Å². The van der Waals surface area contributed by atoms with Crippen molar-refractivity contribution in [3.8, 4) is 5.75 Å². The van der Waals surface area contributed by atoms with E-state index in [-0.39, 0.29) is 18.7 Å². The Morgan fingerprint density at radius 1 is 1.29 bits per heavy atom. The van der Waals surface area contributed by atoms with Gasteiger partial charge >= 0.3 is 0 Å². The molecule has 2 aromatic rings. The lowest BCUT2D eigenvalue weighted by Crippen LogP contribution is -2.33. The van der Waals surface area contributed by atoms with Crippen molar-refractivity contribution in [1.29, 1.82) is 0 Å². The molecule has 0 fully saturated rings. The van der Waals surface area contributed by atoms with Crippen LogP contribution in [-0.4, -0.2) is 24.7 Å². The number of anilines is 2. The molecule has 1 aliphatic heterocycles. The summed E-state index contributed by atoms with van der Waals surface area (Å²) in [5.41, 5.74) is 1.10. The number of rotatable bonds is 5. The summed E-state index contributed by atoms with van der Waals surface area (Å²) in [6.45, 7) is 0.857. The molecule has 1 amide bonds. The van der Waals surface area contributed by atoms with Crippen LogP contribution in [-0.2, 0) is 4.79 Å². The number of hydrogen-bond donors (Lipinski definition) is 0. The molecule has 28 heavy (non-hydrogen) atoms. The van der Waals surface area contributed by atoms with Crippen molar-refractivity contribution in [2.45, 2.75) is 30.6 Å². The lowest BCUT2D eigenvalue weighted by Gasteiger charge is -2.26. The molecule has 0 saturated heterocycles. The van der Waals surface area contributed by atoms with Gasteiger partial charge in [0.05, 0.1) is 17.3 Å². The average Bonchev–Trinajstić information content (AvgIpc) is 2.76. The van der Waals surface area contributed by atoms with Crippen molar-refractivity contribution in [2.75, 3.05) is 17.8 Å². The molecule has 0 aliphatic carbocycles. The van der Waals surface area contributed by atoms with Gasteiger partial charge in [-0.05, 0) is 65.7 Å². The molecule has 1 aliphatic rings. The maximum absolute atomic E-state index is 13.4. The second kappa shape index (κ2) is 8.37. The summed E-state index contributed by atoms with van der Waals surface area (Å²) in [5, 5.41) is 0. The molecule has 3 nitrogen and oxygen atoms in total. The molecule has 0 aromatic heterocycles. The number of amides is 1. The van der Waals surface area contributed by atoms with E-state index in [0.717, 1.165) is 11.8 Å². The highest BCUT2D eigenvalue weighted by Crippen LogP contribution is 2.45. The molecule has 2 aromatic carbocycles. The van der Waals surface area contributed by atoms with Gasteiger partial charge in [-0.3, -0.25) is 9.69 Å². The number of nitrogens with zero attached hydrogens (tertiary/aromatic N) is 1. The van der Waals surface area contributed by atoms with Gasteiger partial charge in [0.2, 0.25) is 11.8 Å². The molecule has 1 heterocycles. The summed E-state index contributed by atoms with van der Waals surface area (Å²) in [6.07, 6.45) is -0.302. The highest BCUT2D eigenvalue weighted by molar-refractivity contribution is 9.10. The van der Waals surface area contributed by atoms with Gasteiger partial charge in [0.15, 0.2) is 0 Å². The largest absolute Gasteiger partial charge is 0.496 e. The third kappa shape index (κ3) is 4.66. The van der Waals surface area contributed by atoms with Gasteiger partial charge in [0, 0.05) is 28.7 Å². The van der Waals surface area contributed by atoms with Crippen LogP contribution < -0.4 is 9.64 Å². The molecule has 3 rings (SSSR count). The Bertz CT molecular complexity index is 871. The smallest absolute Gasteiger partial charge is 0.245 e. The molecule has 0 N–H and O–H groups in total. The van der Waals surface area contributed by atoms with E-state index < -0.39 is 17.7 Å². The number of hydrogen-bond acceptors (Lipinski definition) is 3. The van der Waals surface area contributed by atoms with Crippen LogP contribution in [0.5, 0.6) is 5.75 Å². The molecule has 0 saturated carbocycles. The Balaban J connectivity index is 2.06. The van der Waals surface area contributed by atoms with E-state index in [2.05, 4.69) is 15.9 Å². The lowest BCUT2D eigenvalue weighted by atomic mass is 10.0. The molecule has 1 unspecified atom stereocenters. The van der Waals surface area contributed by atoms with Gasteiger partial charge in [-0.1, -0.05) is 0 Å². The number of benzene rings is 2. The van der Waals surface area contributed by atoms with Gasteiger partial charge in [-0.25, -0.2) is 13.2 Å². The number of carbonyl (C=O) groups excluding carboxylic acids is 1. The van der Waals surface area contributed by atoms with Gasteiger partial charge in [0.1, 0.15) is 11.6 Å². The van der Waals surface area contributed by atoms with Crippen LogP contribution in [0, 0.1) is 11.7 Å². The first kappa shape index (κ1) is 21.0. The average molecular weight is 474 g/mol. The fourth-order valence-corrected chi connectivity index (χ4v) is 4.70. The third-order valence-electron chi connectivity index (χ3n) is 4.50. The van der Waals surface area contributed by atoms with Gasteiger partial charge in [-0.2, -0.15) is 0 Å². The van der Waals surface area contributed by atoms with E-state index in [1.165, 1.54) is 40.9 Å². The SMILES string of the molecule is COc1cc2c(cc1Br)N(c1ccc(F)cc1)C(=O)C(CCC(C)(F)F)CS2. The van der Waals surface area contributed by atoms with Crippen LogP contribution >= 0.6 is 27.7 Å². The minimum Gasteiger partial charge on any atom is -0.496 e. The molecule has 1 atom stereocenters. The highest BCUT2D eigenvalue weighted by atomic mass is 79.9. The molecule has 0 radical (unpaired) electrons. The number of carbonyl (C=O) groups is 1. The second-order valence-electron chi connectivity index (χ2n) is 6.72. The summed E-state index contributed by atoms with van der Waals surface area (Å²) in [4.78, 5) is 15.6. The Morgan fingerprint density at radius 3 is 2.57 bits per heavy atom. The summed E-state index contributed by atoms with van der Waals surface area (Å²) in [6, 6.07) is 9.14. The van der Waals surface area contributed by atoms with Gasteiger partial charge in [0.25, 0.3) is 0 Å². The van der Waals surface area contributed by atoms with Crippen LogP contribution in [0.4, 0.5) is 24.5 Å². The third-order valence-corrected chi connectivity index (χ3v) is 6.33. The first-order valence-electron chi connectivity index (χ1n) is 8.67. The zero-order valence-electron chi connectivity index (χ0n) is 15.3. The van der Waals surface area contributed by atoms with E-state index in [1.54, 1.807) is 13.2 Å². The number of methoxy groups -OCH3 is 1.